The van der Waals surface area contributed by atoms with Crippen LogP contribution in [0.5, 0.6) is 0 Å². The summed E-state index contributed by atoms with van der Waals surface area (Å²) in [5, 5.41) is 3.87. The highest BCUT2D eigenvalue weighted by atomic mass is 16.5. The van der Waals surface area contributed by atoms with Crippen LogP contribution in [0.25, 0.3) is 0 Å². The zero-order valence-corrected chi connectivity index (χ0v) is 14.3. The number of hydrogen-bond acceptors (Lipinski definition) is 6. The number of nitrogens with zero attached hydrogens (tertiary/aromatic N) is 3. The molecule has 0 spiro atoms. The van der Waals surface area contributed by atoms with Gasteiger partial charge in [-0.2, -0.15) is 0 Å². The fraction of sp³-hybridized carbons (Fsp3) is 0.500. The van der Waals surface area contributed by atoms with E-state index < -0.39 is 17.2 Å². The molecular formula is C16H20N4O5. The van der Waals surface area contributed by atoms with Crippen molar-refractivity contribution < 1.29 is 14.1 Å². The molecule has 9 nitrogen and oxygen atoms in total. The zero-order chi connectivity index (χ0) is 18.1. The Morgan fingerprint density at radius 2 is 2.20 bits per heavy atom. The van der Waals surface area contributed by atoms with Crippen LogP contribution in [-0.2, 0) is 18.2 Å². The normalized spacial score (nSPS) is 20.2. The lowest BCUT2D eigenvalue weighted by atomic mass is 10.0. The zero-order valence-electron chi connectivity index (χ0n) is 14.3. The predicted molar refractivity (Wildman–Crippen MR) is 87.4 cm³/mol. The smallest absolute Gasteiger partial charge is 0.328 e. The minimum atomic E-state index is -0.684. The number of rotatable bonds is 4. The molecule has 2 aromatic heterocycles. The summed E-state index contributed by atoms with van der Waals surface area (Å²) in [4.78, 5) is 39.8. The van der Waals surface area contributed by atoms with Crippen molar-refractivity contribution >= 4 is 5.91 Å². The van der Waals surface area contributed by atoms with Crippen LogP contribution in [0.3, 0.4) is 0 Å². The molecule has 0 unspecified atom stereocenters. The highest BCUT2D eigenvalue weighted by Gasteiger charge is 2.37. The number of aromatic amines is 1. The fourth-order valence-corrected chi connectivity index (χ4v) is 3.13. The van der Waals surface area contributed by atoms with Crippen LogP contribution in [-0.4, -0.2) is 51.8 Å². The van der Waals surface area contributed by atoms with E-state index in [0.717, 1.165) is 11.5 Å². The topological polar surface area (TPSA) is 110 Å². The molecule has 134 valence electrons. The van der Waals surface area contributed by atoms with Crippen molar-refractivity contribution in [2.45, 2.75) is 19.4 Å². The third-order valence-corrected chi connectivity index (χ3v) is 4.45. The summed E-state index contributed by atoms with van der Waals surface area (Å²) in [7, 11) is 3.07. The van der Waals surface area contributed by atoms with Gasteiger partial charge in [-0.15, -0.1) is 0 Å². The van der Waals surface area contributed by atoms with E-state index in [0.29, 0.717) is 19.5 Å². The Balaban J connectivity index is 1.79. The van der Waals surface area contributed by atoms with E-state index >= 15 is 0 Å². The standard InChI is InChI=1S/C16H20N4O5/c1-9-4-11(25-18-9)5-10-6-20(8-13(10)24-3)15(22)12-7-19(2)16(23)17-14(12)21/h4,7,10,13H,5-6,8H2,1-3H3,(H,17,21,23)/t10-,13+/m1/s1. The predicted octanol–water partition coefficient (Wildman–Crippen LogP) is -0.300. The van der Waals surface area contributed by atoms with E-state index in [1.54, 1.807) is 12.0 Å². The maximum absolute atomic E-state index is 12.7. The number of hydrogen-bond donors (Lipinski definition) is 1. The lowest BCUT2D eigenvalue weighted by molar-refractivity contribution is 0.0671. The summed E-state index contributed by atoms with van der Waals surface area (Å²) in [6.07, 6.45) is 1.69. The van der Waals surface area contributed by atoms with Crippen LogP contribution in [0.1, 0.15) is 21.8 Å². The number of ether oxygens (including phenoxy) is 1. The van der Waals surface area contributed by atoms with Gasteiger partial charge in [0, 0.05) is 51.8 Å². The molecule has 3 heterocycles. The van der Waals surface area contributed by atoms with Gasteiger partial charge in [0.25, 0.3) is 11.5 Å². The molecule has 1 aliphatic rings. The van der Waals surface area contributed by atoms with Crippen LogP contribution in [0, 0.1) is 12.8 Å². The molecule has 0 saturated carbocycles. The Morgan fingerprint density at radius 1 is 1.44 bits per heavy atom. The molecule has 0 aromatic carbocycles. The number of nitrogens with one attached hydrogen (secondary N) is 1. The second kappa shape index (κ2) is 6.67. The van der Waals surface area contributed by atoms with Crippen molar-refractivity contribution in [2.75, 3.05) is 20.2 Å². The number of carbonyl (C=O) groups is 1. The molecular weight excluding hydrogens is 328 g/mol. The number of methoxy groups -OCH3 is 1. The molecule has 1 N–H and O–H groups in total. The molecule has 0 radical (unpaired) electrons. The molecule has 0 aliphatic carbocycles. The summed E-state index contributed by atoms with van der Waals surface area (Å²) in [6, 6.07) is 1.86. The number of amides is 1. The SMILES string of the molecule is CO[C@H]1CN(C(=O)c2cn(C)c(=O)[nH]c2=O)C[C@H]1Cc1cc(C)no1. The van der Waals surface area contributed by atoms with Gasteiger partial charge in [-0.05, 0) is 6.92 Å². The second-order valence-electron chi connectivity index (χ2n) is 6.30. The Hall–Kier alpha value is -2.68. The summed E-state index contributed by atoms with van der Waals surface area (Å²) in [5.41, 5.74) is -0.507. The van der Waals surface area contributed by atoms with Gasteiger partial charge in [-0.1, -0.05) is 5.16 Å². The van der Waals surface area contributed by atoms with Crippen molar-refractivity contribution in [3.05, 3.63) is 50.1 Å². The quantitative estimate of drug-likeness (QED) is 0.812. The Kier molecular flexibility index (Phi) is 4.58. The van der Waals surface area contributed by atoms with E-state index in [4.69, 9.17) is 9.26 Å². The maximum atomic E-state index is 12.7. The summed E-state index contributed by atoms with van der Waals surface area (Å²) >= 11 is 0. The van der Waals surface area contributed by atoms with Crippen molar-refractivity contribution in [2.24, 2.45) is 13.0 Å². The Morgan fingerprint density at radius 3 is 2.84 bits per heavy atom. The lowest BCUT2D eigenvalue weighted by Crippen LogP contribution is -2.38. The second-order valence-corrected chi connectivity index (χ2v) is 6.30. The molecule has 1 aliphatic heterocycles. The van der Waals surface area contributed by atoms with Crippen LogP contribution < -0.4 is 11.2 Å². The Labute approximate surface area is 143 Å². The summed E-state index contributed by atoms with van der Waals surface area (Å²) < 4.78 is 11.9. The van der Waals surface area contributed by atoms with Crippen molar-refractivity contribution in [3.8, 4) is 0 Å². The summed E-state index contributed by atoms with van der Waals surface area (Å²) in [6.45, 7) is 2.64. The first-order chi connectivity index (χ1) is 11.9. The van der Waals surface area contributed by atoms with E-state index in [-0.39, 0.29) is 17.6 Å². The van der Waals surface area contributed by atoms with Crippen molar-refractivity contribution in [3.63, 3.8) is 0 Å². The molecule has 3 rings (SSSR count). The number of H-pyrrole nitrogens is 1. The number of aromatic nitrogens is 3. The molecule has 1 amide bonds. The van der Waals surface area contributed by atoms with E-state index in [1.165, 1.54) is 17.8 Å². The van der Waals surface area contributed by atoms with Crippen LogP contribution in [0.2, 0.25) is 0 Å². The van der Waals surface area contributed by atoms with Gasteiger partial charge in [-0.25, -0.2) is 4.79 Å². The van der Waals surface area contributed by atoms with Gasteiger partial charge in [0.1, 0.15) is 11.3 Å². The average molecular weight is 348 g/mol. The van der Waals surface area contributed by atoms with Gasteiger partial charge in [0.05, 0.1) is 11.8 Å². The first-order valence-electron chi connectivity index (χ1n) is 7.93. The minimum absolute atomic E-state index is 0.0351. The molecule has 1 fully saturated rings. The van der Waals surface area contributed by atoms with Crippen molar-refractivity contribution in [1.82, 2.24) is 19.6 Å². The highest BCUT2D eigenvalue weighted by molar-refractivity contribution is 5.93. The molecule has 9 heteroatoms. The molecule has 25 heavy (non-hydrogen) atoms. The van der Waals surface area contributed by atoms with Gasteiger partial charge >= 0.3 is 5.69 Å². The highest BCUT2D eigenvalue weighted by Crippen LogP contribution is 2.24. The maximum Gasteiger partial charge on any atom is 0.328 e. The largest absolute Gasteiger partial charge is 0.379 e. The third-order valence-electron chi connectivity index (χ3n) is 4.45. The lowest BCUT2D eigenvalue weighted by Gasteiger charge is -2.15. The molecule has 2 atom stereocenters. The van der Waals surface area contributed by atoms with E-state index in [2.05, 4.69) is 10.1 Å². The molecule has 2 aromatic rings. The van der Waals surface area contributed by atoms with Crippen LogP contribution >= 0.6 is 0 Å². The van der Waals surface area contributed by atoms with Crippen molar-refractivity contribution in [1.29, 1.82) is 0 Å². The Bertz CT molecular complexity index is 896. The summed E-state index contributed by atoms with van der Waals surface area (Å²) in [5.74, 6) is 0.349. The monoisotopic (exact) mass is 348 g/mol. The van der Waals surface area contributed by atoms with E-state index in [1.807, 2.05) is 13.0 Å². The van der Waals surface area contributed by atoms with Crippen LogP contribution in [0.4, 0.5) is 0 Å². The van der Waals surface area contributed by atoms with Gasteiger partial charge in [-0.3, -0.25) is 14.6 Å². The molecule has 1 saturated heterocycles. The van der Waals surface area contributed by atoms with E-state index in [9.17, 15) is 14.4 Å². The van der Waals surface area contributed by atoms with Gasteiger partial charge < -0.3 is 18.7 Å². The fourth-order valence-electron chi connectivity index (χ4n) is 3.13. The average Bonchev–Trinajstić information content (AvgIpc) is 3.16. The number of carbonyl (C=O) groups excluding carboxylic acids is 1. The van der Waals surface area contributed by atoms with Crippen LogP contribution in [0.15, 0.2) is 26.4 Å². The molecule has 0 bridgehead atoms. The van der Waals surface area contributed by atoms with Gasteiger partial charge in [0.15, 0.2) is 0 Å². The minimum Gasteiger partial charge on any atom is -0.379 e. The number of aryl methyl sites for hydroxylation is 2. The van der Waals surface area contributed by atoms with Gasteiger partial charge in [0.2, 0.25) is 0 Å². The first kappa shape index (κ1) is 17.2. The first-order valence-corrected chi connectivity index (χ1v) is 7.93. The number of likely N-dealkylation sites (tertiary alicyclic amines) is 1. The third kappa shape index (κ3) is 3.41.